The third-order valence-electron chi connectivity index (χ3n) is 2.35. The maximum atomic E-state index is 11.0. The minimum absolute atomic E-state index is 0.436. The molecule has 0 radical (unpaired) electrons. The first-order valence-electron chi connectivity index (χ1n) is 5.68. The van der Waals surface area contributed by atoms with Crippen molar-refractivity contribution < 1.29 is 9.53 Å². The average molecular weight is 316 g/mol. The number of primary amides is 1. The number of benzene rings is 1. The average Bonchev–Trinajstić information content (AvgIpc) is 2.33. The van der Waals surface area contributed by atoms with Crippen molar-refractivity contribution >= 4 is 27.5 Å². The van der Waals surface area contributed by atoms with E-state index in [0.717, 1.165) is 25.3 Å². The minimum Gasteiger partial charge on any atom is -0.384 e. The Bertz CT molecular complexity index is 399. The van der Waals surface area contributed by atoms with Crippen molar-refractivity contribution in [3.05, 3.63) is 28.2 Å². The predicted octanol–water partition coefficient (Wildman–Crippen LogP) is 1.20. The lowest BCUT2D eigenvalue weighted by Crippen LogP contribution is -2.25. The van der Waals surface area contributed by atoms with E-state index in [0.29, 0.717) is 16.6 Å². The van der Waals surface area contributed by atoms with Gasteiger partial charge in [-0.25, -0.2) is 0 Å². The van der Waals surface area contributed by atoms with E-state index >= 15 is 0 Å². The van der Waals surface area contributed by atoms with E-state index in [2.05, 4.69) is 26.6 Å². The number of nitrogens with one attached hydrogen (secondary N) is 2. The van der Waals surface area contributed by atoms with Gasteiger partial charge in [0.15, 0.2) is 0 Å². The van der Waals surface area contributed by atoms with E-state index in [-0.39, 0.29) is 0 Å². The highest BCUT2D eigenvalue weighted by Gasteiger charge is 2.05. The molecule has 0 atom stereocenters. The number of anilines is 1. The largest absolute Gasteiger partial charge is 0.384 e. The summed E-state index contributed by atoms with van der Waals surface area (Å²) in [6.07, 6.45) is 0. The van der Waals surface area contributed by atoms with Gasteiger partial charge in [-0.3, -0.25) is 4.79 Å². The number of nitrogens with two attached hydrogens (primary N) is 1. The number of hydrogen-bond acceptors (Lipinski definition) is 4. The molecule has 1 aromatic rings. The molecule has 0 saturated carbocycles. The fourth-order valence-electron chi connectivity index (χ4n) is 1.42. The van der Waals surface area contributed by atoms with Gasteiger partial charge in [0.1, 0.15) is 0 Å². The number of ether oxygens (including phenoxy) is 1. The Morgan fingerprint density at radius 3 is 2.78 bits per heavy atom. The molecule has 1 rings (SSSR count). The molecule has 0 unspecified atom stereocenters. The van der Waals surface area contributed by atoms with Crippen LogP contribution in [0, 0.1) is 0 Å². The van der Waals surface area contributed by atoms with Crippen molar-refractivity contribution in [3.8, 4) is 0 Å². The summed E-state index contributed by atoms with van der Waals surface area (Å²) in [7, 11) is 1.68. The first-order chi connectivity index (χ1) is 8.65. The Labute approximate surface area is 115 Å². The molecular weight excluding hydrogens is 298 g/mol. The minimum atomic E-state index is -0.436. The number of amides is 1. The number of hydrogen-bond donors (Lipinski definition) is 3. The Kier molecular flexibility index (Phi) is 6.70. The van der Waals surface area contributed by atoms with E-state index in [1.807, 2.05) is 12.1 Å². The number of rotatable bonds is 8. The molecule has 0 aromatic heterocycles. The first kappa shape index (κ1) is 14.9. The molecule has 0 aliphatic heterocycles. The van der Waals surface area contributed by atoms with Gasteiger partial charge in [0.25, 0.3) is 0 Å². The summed E-state index contributed by atoms with van der Waals surface area (Å²) in [6, 6.07) is 5.38. The van der Waals surface area contributed by atoms with Gasteiger partial charge in [0.2, 0.25) is 5.91 Å². The number of carbonyl (C=O) groups excluding carboxylic acids is 1. The molecule has 0 aliphatic carbocycles. The normalized spacial score (nSPS) is 10.3. The first-order valence-corrected chi connectivity index (χ1v) is 6.47. The topological polar surface area (TPSA) is 76.4 Å². The third-order valence-corrected chi connectivity index (χ3v) is 3.00. The summed E-state index contributed by atoms with van der Waals surface area (Å²) in [5, 5.41) is 6.47. The lowest BCUT2D eigenvalue weighted by atomic mass is 10.2. The summed E-state index contributed by atoms with van der Waals surface area (Å²) in [5.41, 5.74) is 6.65. The van der Waals surface area contributed by atoms with Crippen LogP contribution in [0.3, 0.4) is 0 Å². The van der Waals surface area contributed by atoms with E-state index in [4.69, 9.17) is 10.5 Å². The van der Waals surface area contributed by atoms with Crippen LogP contribution in [0.1, 0.15) is 10.4 Å². The molecule has 0 heterocycles. The molecule has 0 fully saturated rings. The standard InChI is InChI=1S/C12H18BrN3O2/c1-18-7-6-15-4-5-16-9-2-3-10(12(14)17)11(13)8-9/h2-3,8,15-16H,4-7H2,1H3,(H2,14,17). The molecule has 0 aliphatic rings. The SMILES string of the molecule is COCCNCCNc1ccc(C(N)=O)c(Br)c1. The lowest BCUT2D eigenvalue weighted by Gasteiger charge is -2.09. The maximum Gasteiger partial charge on any atom is 0.249 e. The fraction of sp³-hybridized carbons (Fsp3) is 0.417. The van der Waals surface area contributed by atoms with Crippen LogP contribution in [0.25, 0.3) is 0 Å². The Morgan fingerprint density at radius 1 is 1.39 bits per heavy atom. The summed E-state index contributed by atoms with van der Waals surface area (Å²) < 4.78 is 5.63. The highest BCUT2D eigenvalue weighted by atomic mass is 79.9. The smallest absolute Gasteiger partial charge is 0.249 e. The van der Waals surface area contributed by atoms with Crippen LogP contribution in [0.15, 0.2) is 22.7 Å². The molecular formula is C12H18BrN3O2. The summed E-state index contributed by atoms with van der Waals surface area (Å²) in [5.74, 6) is -0.436. The van der Waals surface area contributed by atoms with Crippen LogP contribution in [-0.2, 0) is 4.74 Å². The van der Waals surface area contributed by atoms with Crippen LogP contribution in [0.4, 0.5) is 5.69 Å². The van der Waals surface area contributed by atoms with Gasteiger partial charge < -0.3 is 21.1 Å². The number of halogens is 1. The molecule has 5 nitrogen and oxygen atoms in total. The van der Waals surface area contributed by atoms with Crippen LogP contribution < -0.4 is 16.4 Å². The van der Waals surface area contributed by atoms with Gasteiger partial charge in [-0.1, -0.05) is 0 Å². The summed E-state index contributed by atoms with van der Waals surface area (Å²) >= 11 is 3.32. The molecule has 100 valence electrons. The predicted molar refractivity (Wildman–Crippen MR) is 75.9 cm³/mol. The van der Waals surface area contributed by atoms with Crippen molar-refractivity contribution in [2.75, 3.05) is 38.7 Å². The molecule has 0 bridgehead atoms. The van der Waals surface area contributed by atoms with Gasteiger partial charge in [0.05, 0.1) is 12.2 Å². The number of methoxy groups -OCH3 is 1. The zero-order chi connectivity index (χ0) is 13.4. The summed E-state index contributed by atoms with van der Waals surface area (Å²) in [6.45, 7) is 3.19. The second-order valence-corrected chi connectivity index (χ2v) is 4.58. The van der Waals surface area contributed by atoms with Gasteiger partial charge >= 0.3 is 0 Å². The van der Waals surface area contributed by atoms with Crippen LogP contribution in [0.5, 0.6) is 0 Å². The number of carbonyl (C=O) groups is 1. The second-order valence-electron chi connectivity index (χ2n) is 3.73. The van der Waals surface area contributed by atoms with Crippen LogP contribution in [0.2, 0.25) is 0 Å². The van der Waals surface area contributed by atoms with Crippen molar-refractivity contribution in [1.29, 1.82) is 0 Å². The molecule has 0 saturated heterocycles. The van der Waals surface area contributed by atoms with Crippen LogP contribution >= 0.6 is 15.9 Å². The van der Waals surface area contributed by atoms with Crippen molar-refractivity contribution in [3.63, 3.8) is 0 Å². The lowest BCUT2D eigenvalue weighted by molar-refractivity contribution is 0.0999. The Hall–Kier alpha value is -1.11. The van der Waals surface area contributed by atoms with Gasteiger partial charge in [-0.05, 0) is 34.1 Å². The highest BCUT2D eigenvalue weighted by Crippen LogP contribution is 2.20. The Balaban J connectivity index is 2.35. The van der Waals surface area contributed by atoms with E-state index in [9.17, 15) is 4.79 Å². The third kappa shape index (κ3) is 5.03. The maximum absolute atomic E-state index is 11.0. The zero-order valence-corrected chi connectivity index (χ0v) is 11.9. The molecule has 6 heteroatoms. The van der Waals surface area contributed by atoms with Gasteiger partial charge in [0, 0.05) is 36.9 Å². The molecule has 1 aromatic carbocycles. The quantitative estimate of drug-likeness (QED) is 0.630. The zero-order valence-electron chi connectivity index (χ0n) is 10.3. The van der Waals surface area contributed by atoms with E-state index in [1.165, 1.54) is 0 Å². The molecule has 0 spiro atoms. The second kappa shape index (κ2) is 8.07. The Morgan fingerprint density at radius 2 is 2.17 bits per heavy atom. The monoisotopic (exact) mass is 315 g/mol. The molecule has 4 N–H and O–H groups in total. The van der Waals surface area contributed by atoms with E-state index < -0.39 is 5.91 Å². The van der Waals surface area contributed by atoms with Crippen molar-refractivity contribution in [1.82, 2.24) is 5.32 Å². The molecule has 18 heavy (non-hydrogen) atoms. The van der Waals surface area contributed by atoms with Crippen molar-refractivity contribution in [2.24, 2.45) is 5.73 Å². The van der Waals surface area contributed by atoms with Gasteiger partial charge in [-0.15, -0.1) is 0 Å². The highest BCUT2D eigenvalue weighted by molar-refractivity contribution is 9.10. The van der Waals surface area contributed by atoms with E-state index in [1.54, 1.807) is 13.2 Å². The van der Waals surface area contributed by atoms with Crippen molar-refractivity contribution in [2.45, 2.75) is 0 Å². The van der Waals surface area contributed by atoms with Gasteiger partial charge in [-0.2, -0.15) is 0 Å². The summed E-state index contributed by atoms with van der Waals surface area (Å²) in [4.78, 5) is 11.0. The fourth-order valence-corrected chi connectivity index (χ4v) is 1.99. The van der Waals surface area contributed by atoms with Crippen LogP contribution in [-0.4, -0.2) is 39.3 Å². The molecule has 1 amide bonds.